The highest BCUT2D eigenvalue weighted by molar-refractivity contribution is 5.76. The first kappa shape index (κ1) is 13.9. The molecule has 4 heteroatoms. The maximum atomic E-state index is 11.9. The number of nitrogens with zero attached hydrogens (tertiary/aromatic N) is 1. The summed E-state index contributed by atoms with van der Waals surface area (Å²) in [7, 11) is 0. The average Bonchev–Trinajstić information content (AvgIpc) is 2.41. The fourth-order valence-electron chi connectivity index (χ4n) is 2.23. The van der Waals surface area contributed by atoms with Crippen LogP contribution in [0, 0.1) is 6.92 Å². The number of ether oxygens (including phenoxy) is 1. The highest BCUT2D eigenvalue weighted by Gasteiger charge is 2.21. The van der Waals surface area contributed by atoms with E-state index in [-0.39, 0.29) is 12.0 Å². The van der Waals surface area contributed by atoms with Gasteiger partial charge in [-0.15, -0.1) is 0 Å². The van der Waals surface area contributed by atoms with E-state index in [0.717, 1.165) is 25.1 Å². The fraction of sp³-hybridized carbons (Fsp3) is 0.533. The lowest BCUT2D eigenvalue weighted by molar-refractivity contribution is -0.134. The second-order valence-corrected chi connectivity index (χ2v) is 5.05. The van der Waals surface area contributed by atoms with Crippen LogP contribution in [-0.4, -0.2) is 41.7 Å². The van der Waals surface area contributed by atoms with Crippen molar-refractivity contribution in [3.63, 3.8) is 0 Å². The molecule has 0 radical (unpaired) electrons. The minimum atomic E-state index is -0.365. The maximum Gasteiger partial charge on any atom is 0.226 e. The summed E-state index contributed by atoms with van der Waals surface area (Å²) < 4.78 is 5.54. The molecular formula is C15H21NO3. The SMILES string of the molecule is Cc1ccc(OCCC(=O)N2CCCC(O)C2)cc1. The predicted molar refractivity (Wildman–Crippen MR) is 73.1 cm³/mol. The van der Waals surface area contributed by atoms with E-state index in [1.807, 2.05) is 31.2 Å². The quantitative estimate of drug-likeness (QED) is 0.900. The van der Waals surface area contributed by atoms with E-state index in [1.165, 1.54) is 5.56 Å². The molecule has 1 unspecified atom stereocenters. The van der Waals surface area contributed by atoms with Gasteiger partial charge in [-0.1, -0.05) is 17.7 Å². The Kier molecular flexibility index (Phi) is 4.80. The zero-order chi connectivity index (χ0) is 13.7. The Bertz CT molecular complexity index is 416. The van der Waals surface area contributed by atoms with E-state index in [9.17, 15) is 9.90 Å². The third-order valence-corrected chi connectivity index (χ3v) is 3.35. The van der Waals surface area contributed by atoms with Crippen molar-refractivity contribution >= 4 is 5.91 Å². The average molecular weight is 263 g/mol. The number of aliphatic hydroxyl groups excluding tert-OH is 1. The molecule has 1 amide bonds. The van der Waals surface area contributed by atoms with Gasteiger partial charge in [-0.3, -0.25) is 4.79 Å². The van der Waals surface area contributed by atoms with Crippen LogP contribution in [0.25, 0.3) is 0 Å². The second-order valence-electron chi connectivity index (χ2n) is 5.05. The number of aliphatic hydroxyl groups is 1. The number of hydrogen-bond acceptors (Lipinski definition) is 3. The van der Waals surface area contributed by atoms with Crippen LogP contribution in [0.1, 0.15) is 24.8 Å². The minimum absolute atomic E-state index is 0.0610. The summed E-state index contributed by atoms with van der Waals surface area (Å²) in [5.41, 5.74) is 1.19. The van der Waals surface area contributed by atoms with Gasteiger partial charge in [-0.05, 0) is 31.9 Å². The maximum absolute atomic E-state index is 11.9. The number of β-amino-alcohol motifs (C(OH)–C–C–N with tert-alkyl or cyclic N) is 1. The van der Waals surface area contributed by atoms with Crippen LogP contribution in [0.5, 0.6) is 5.75 Å². The number of carbonyl (C=O) groups is 1. The van der Waals surface area contributed by atoms with Gasteiger partial charge in [0.15, 0.2) is 0 Å². The largest absolute Gasteiger partial charge is 0.493 e. The first-order chi connectivity index (χ1) is 9.15. The van der Waals surface area contributed by atoms with Gasteiger partial charge in [0.25, 0.3) is 0 Å². The van der Waals surface area contributed by atoms with Crippen molar-refractivity contribution in [3.05, 3.63) is 29.8 Å². The molecule has 104 valence electrons. The minimum Gasteiger partial charge on any atom is -0.493 e. The van der Waals surface area contributed by atoms with Gasteiger partial charge in [0.2, 0.25) is 5.91 Å². The summed E-state index contributed by atoms with van der Waals surface area (Å²) in [4.78, 5) is 13.7. The van der Waals surface area contributed by atoms with Crippen LogP contribution in [0.2, 0.25) is 0 Å². The number of carbonyl (C=O) groups excluding carboxylic acids is 1. The van der Waals surface area contributed by atoms with E-state index >= 15 is 0 Å². The number of amides is 1. The highest BCUT2D eigenvalue weighted by atomic mass is 16.5. The zero-order valence-corrected chi connectivity index (χ0v) is 11.3. The molecule has 0 bridgehead atoms. The molecule has 0 spiro atoms. The molecule has 0 saturated carbocycles. The molecule has 0 aromatic heterocycles. The van der Waals surface area contributed by atoms with Crippen molar-refractivity contribution in [2.24, 2.45) is 0 Å². The monoisotopic (exact) mass is 263 g/mol. The lowest BCUT2D eigenvalue weighted by Crippen LogP contribution is -2.42. The highest BCUT2D eigenvalue weighted by Crippen LogP contribution is 2.13. The number of rotatable bonds is 4. The smallest absolute Gasteiger partial charge is 0.226 e. The molecule has 1 atom stereocenters. The second kappa shape index (κ2) is 6.57. The predicted octanol–water partition coefficient (Wildman–Crippen LogP) is 1.75. The Labute approximate surface area is 114 Å². The molecule has 1 aromatic carbocycles. The topological polar surface area (TPSA) is 49.8 Å². The Morgan fingerprint density at radius 2 is 2.16 bits per heavy atom. The zero-order valence-electron chi connectivity index (χ0n) is 11.3. The summed E-state index contributed by atoms with van der Waals surface area (Å²) in [6, 6.07) is 7.78. The summed E-state index contributed by atoms with van der Waals surface area (Å²) in [5, 5.41) is 9.53. The van der Waals surface area contributed by atoms with Gasteiger partial charge in [0, 0.05) is 13.1 Å². The van der Waals surface area contributed by atoms with Gasteiger partial charge in [0.05, 0.1) is 19.1 Å². The Balaban J connectivity index is 1.73. The molecular weight excluding hydrogens is 242 g/mol. The molecule has 0 aliphatic carbocycles. The van der Waals surface area contributed by atoms with Gasteiger partial charge >= 0.3 is 0 Å². The van der Waals surface area contributed by atoms with E-state index in [4.69, 9.17) is 4.74 Å². The first-order valence-electron chi connectivity index (χ1n) is 6.80. The van der Waals surface area contributed by atoms with Gasteiger partial charge in [-0.2, -0.15) is 0 Å². The standard InChI is InChI=1S/C15H21NO3/c1-12-4-6-14(7-5-12)19-10-8-15(18)16-9-2-3-13(17)11-16/h4-7,13,17H,2-3,8-11H2,1H3. The fourth-order valence-corrected chi connectivity index (χ4v) is 2.23. The van der Waals surface area contributed by atoms with Gasteiger partial charge in [0.1, 0.15) is 5.75 Å². The van der Waals surface area contributed by atoms with E-state index < -0.39 is 0 Å². The molecule has 1 aromatic rings. The van der Waals surface area contributed by atoms with E-state index in [0.29, 0.717) is 19.6 Å². The van der Waals surface area contributed by atoms with E-state index in [1.54, 1.807) is 4.90 Å². The van der Waals surface area contributed by atoms with Crippen molar-refractivity contribution in [2.75, 3.05) is 19.7 Å². The normalized spacial score (nSPS) is 19.3. The molecule has 1 heterocycles. The first-order valence-corrected chi connectivity index (χ1v) is 6.80. The van der Waals surface area contributed by atoms with Crippen LogP contribution in [0.3, 0.4) is 0 Å². The molecule has 1 saturated heterocycles. The van der Waals surface area contributed by atoms with Gasteiger partial charge < -0.3 is 14.7 Å². The number of aryl methyl sites for hydroxylation is 1. The van der Waals surface area contributed by atoms with Crippen LogP contribution < -0.4 is 4.74 Å². The third kappa shape index (κ3) is 4.24. The Morgan fingerprint density at radius 3 is 2.84 bits per heavy atom. The van der Waals surface area contributed by atoms with Crippen molar-refractivity contribution in [2.45, 2.75) is 32.3 Å². The lowest BCUT2D eigenvalue weighted by Gasteiger charge is -2.30. The third-order valence-electron chi connectivity index (χ3n) is 3.35. The summed E-state index contributed by atoms with van der Waals surface area (Å²) in [6.45, 7) is 3.62. The Hall–Kier alpha value is -1.55. The Morgan fingerprint density at radius 1 is 1.42 bits per heavy atom. The van der Waals surface area contributed by atoms with Crippen molar-refractivity contribution in [3.8, 4) is 5.75 Å². The number of hydrogen-bond donors (Lipinski definition) is 1. The molecule has 1 fully saturated rings. The van der Waals surface area contributed by atoms with Crippen LogP contribution >= 0.6 is 0 Å². The van der Waals surface area contributed by atoms with Crippen LogP contribution in [-0.2, 0) is 4.79 Å². The van der Waals surface area contributed by atoms with Crippen LogP contribution in [0.15, 0.2) is 24.3 Å². The van der Waals surface area contributed by atoms with Crippen molar-refractivity contribution < 1.29 is 14.6 Å². The number of likely N-dealkylation sites (tertiary alicyclic amines) is 1. The van der Waals surface area contributed by atoms with Crippen molar-refractivity contribution in [1.82, 2.24) is 4.90 Å². The van der Waals surface area contributed by atoms with Crippen LogP contribution in [0.4, 0.5) is 0 Å². The molecule has 4 nitrogen and oxygen atoms in total. The summed E-state index contributed by atoms with van der Waals surface area (Å²) in [5.74, 6) is 0.850. The van der Waals surface area contributed by atoms with E-state index in [2.05, 4.69) is 0 Å². The number of piperidine rings is 1. The molecule has 2 rings (SSSR count). The summed E-state index contributed by atoms with van der Waals surface area (Å²) >= 11 is 0. The summed E-state index contributed by atoms with van der Waals surface area (Å²) in [6.07, 6.45) is 1.67. The molecule has 1 aliphatic heterocycles. The molecule has 1 aliphatic rings. The van der Waals surface area contributed by atoms with Gasteiger partial charge in [-0.25, -0.2) is 0 Å². The van der Waals surface area contributed by atoms with Crippen molar-refractivity contribution in [1.29, 1.82) is 0 Å². The number of benzene rings is 1. The molecule has 19 heavy (non-hydrogen) atoms. The molecule has 1 N–H and O–H groups in total. The lowest BCUT2D eigenvalue weighted by atomic mass is 10.1.